The van der Waals surface area contributed by atoms with Crippen LogP contribution >= 0.6 is 0 Å². The Morgan fingerprint density at radius 2 is 1.65 bits per heavy atom. The minimum atomic E-state index is -0.988. The van der Waals surface area contributed by atoms with E-state index in [9.17, 15) is 24.0 Å². The molecule has 16 nitrogen and oxygen atoms in total. The molecule has 3 N–H and O–H groups in total. The number of unbranched alkanes of at least 4 members (excludes halogenated alkanes) is 1. The molecule has 0 aliphatic carbocycles. The number of carbonyl (C=O) groups is 5. The van der Waals surface area contributed by atoms with Crippen LogP contribution in [0.25, 0.3) is 22.3 Å². The summed E-state index contributed by atoms with van der Waals surface area (Å²) in [5.74, 6) is 6.65. The zero-order valence-corrected chi connectivity index (χ0v) is 39.6. The number of hydrogen-bond donors (Lipinski definition) is 3. The lowest BCUT2D eigenvalue weighted by molar-refractivity contribution is -0.136. The molecule has 4 aromatic carbocycles. The number of carbonyl (C=O) groups excluding carboxylic acids is 5. The lowest BCUT2D eigenvalue weighted by Gasteiger charge is -2.33. The first kappa shape index (κ1) is 46.7. The van der Waals surface area contributed by atoms with E-state index in [1.807, 2.05) is 90.8 Å². The quantitative estimate of drug-likeness (QED) is 0.0681. The molecule has 1 unspecified atom stereocenters. The average Bonchev–Trinajstić information content (AvgIpc) is 3.66. The van der Waals surface area contributed by atoms with Crippen LogP contribution in [0.15, 0.2) is 103 Å². The van der Waals surface area contributed by atoms with Gasteiger partial charge in [-0.25, -0.2) is 9.97 Å². The Morgan fingerprint density at radius 3 is 2.45 bits per heavy atom. The van der Waals surface area contributed by atoms with Gasteiger partial charge in [0, 0.05) is 92.3 Å². The SMILES string of the molecule is CNc1nc(-c2cnc3ccccc3c2)nc2c1CCN(C(=O)c1ccc(COc3ccc(C#CCN4CCN(CCCCNc5cccc6c5C(=O)N(C5CCC(=O)NC5=O)C6=O)CC4)cc3)cc1)C2. The lowest BCUT2D eigenvalue weighted by atomic mass is 10.0. The maximum absolute atomic E-state index is 13.7. The number of nitrogens with zero attached hydrogens (tertiary/aromatic N) is 7. The van der Waals surface area contributed by atoms with Gasteiger partial charge in [-0.1, -0.05) is 48.2 Å². The largest absolute Gasteiger partial charge is 0.489 e. The van der Waals surface area contributed by atoms with E-state index in [-0.39, 0.29) is 29.9 Å². The molecule has 2 saturated heterocycles. The summed E-state index contributed by atoms with van der Waals surface area (Å²) < 4.78 is 6.09. The van der Waals surface area contributed by atoms with Crippen LogP contribution in [-0.4, -0.2) is 130 Å². The zero-order chi connectivity index (χ0) is 48.8. The molecule has 1 atom stereocenters. The second-order valence-corrected chi connectivity index (χ2v) is 18.2. The fourth-order valence-corrected chi connectivity index (χ4v) is 9.63. The van der Waals surface area contributed by atoms with E-state index in [0.29, 0.717) is 56.3 Å². The Bertz CT molecular complexity index is 3090. The molecule has 0 spiro atoms. The molecule has 4 aliphatic heterocycles. The van der Waals surface area contributed by atoms with E-state index >= 15 is 0 Å². The van der Waals surface area contributed by atoms with Crippen molar-refractivity contribution in [1.82, 2.24) is 39.9 Å². The first-order valence-electron chi connectivity index (χ1n) is 24.2. The summed E-state index contributed by atoms with van der Waals surface area (Å²) in [6, 6.07) is 29.5. The highest BCUT2D eigenvalue weighted by Crippen LogP contribution is 2.33. The summed E-state index contributed by atoms with van der Waals surface area (Å²) in [6.07, 6.45) is 4.52. The molecule has 71 heavy (non-hydrogen) atoms. The number of benzene rings is 4. The smallest absolute Gasteiger partial charge is 0.264 e. The van der Waals surface area contributed by atoms with Crippen LogP contribution in [-0.2, 0) is 29.2 Å². The van der Waals surface area contributed by atoms with Crippen molar-refractivity contribution in [2.45, 2.75) is 51.3 Å². The number of imide groups is 2. The van der Waals surface area contributed by atoms with Gasteiger partial charge >= 0.3 is 0 Å². The van der Waals surface area contributed by atoms with Gasteiger partial charge in [0.25, 0.3) is 17.7 Å². The van der Waals surface area contributed by atoms with E-state index in [2.05, 4.69) is 42.6 Å². The highest BCUT2D eigenvalue weighted by molar-refractivity contribution is 6.25. The van der Waals surface area contributed by atoms with Gasteiger partial charge in [0.15, 0.2) is 5.82 Å². The van der Waals surface area contributed by atoms with E-state index < -0.39 is 29.7 Å². The number of pyridine rings is 1. The molecule has 6 heterocycles. The number of piperazine rings is 1. The molecule has 2 aromatic heterocycles. The monoisotopic (exact) mass is 950 g/mol. The molecule has 0 saturated carbocycles. The van der Waals surface area contributed by atoms with Gasteiger partial charge < -0.3 is 25.2 Å². The summed E-state index contributed by atoms with van der Waals surface area (Å²) in [4.78, 5) is 86.4. The Labute approximate surface area is 411 Å². The maximum atomic E-state index is 13.7. The zero-order valence-electron chi connectivity index (χ0n) is 39.6. The molecule has 4 aliphatic rings. The third-order valence-corrected chi connectivity index (χ3v) is 13.6. The highest BCUT2D eigenvalue weighted by Gasteiger charge is 2.45. The van der Waals surface area contributed by atoms with Crippen molar-refractivity contribution in [3.05, 3.63) is 142 Å². The minimum absolute atomic E-state index is 0.0440. The van der Waals surface area contributed by atoms with Crippen molar-refractivity contribution >= 4 is 51.9 Å². The van der Waals surface area contributed by atoms with Crippen molar-refractivity contribution in [2.75, 3.05) is 70.0 Å². The van der Waals surface area contributed by atoms with Crippen LogP contribution in [0.1, 0.15) is 79.1 Å². The van der Waals surface area contributed by atoms with Crippen LogP contribution in [0.2, 0.25) is 0 Å². The molecule has 16 heteroatoms. The fourth-order valence-electron chi connectivity index (χ4n) is 9.63. The first-order valence-corrected chi connectivity index (χ1v) is 24.2. The van der Waals surface area contributed by atoms with Gasteiger partial charge in [-0.05, 0) is 98.5 Å². The Balaban J connectivity index is 0.631. The van der Waals surface area contributed by atoms with E-state index in [1.54, 1.807) is 24.4 Å². The van der Waals surface area contributed by atoms with Crippen LogP contribution in [0.4, 0.5) is 11.5 Å². The van der Waals surface area contributed by atoms with Crippen molar-refractivity contribution in [3.8, 4) is 29.0 Å². The van der Waals surface area contributed by atoms with Gasteiger partial charge in [0.2, 0.25) is 11.8 Å². The van der Waals surface area contributed by atoms with Gasteiger partial charge in [0.05, 0.1) is 35.4 Å². The number of hydrogen-bond acceptors (Lipinski definition) is 13. The van der Waals surface area contributed by atoms with Gasteiger partial charge in [-0.3, -0.25) is 44.1 Å². The Morgan fingerprint density at radius 1 is 0.845 bits per heavy atom. The number of anilines is 2. The van der Waals surface area contributed by atoms with Gasteiger partial charge in [-0.2, -0.15) is 0 Å². The van der Waals surface area contributed by atoms with Crippen LogP contribution in [0.3, 0.4) is 0 Å². The van der Waals surface area contributed by atoms with E-state index in [0.717, 1.165) is 101 Å². The molecule has 10 rings (SSSR count). The lowest BCUT2D eigenvalue weighted by Crippen LogP contribution is -2.54. The van der Waals surface area contributed by atoms with Gasteiger partial charge in [-0.15, -0.1) is 0 Å². The third-order valence-electron chi connectivity index (χ3n) is 13.6. The molecule has 5 amide bonds. The number of ether oxygens (including phenoxy) is 1. The first-order chi connectivity index (χ1) is 34.7. The Hall–Kier alpha value is -8.00. The number of rotatable bonds is 14. The van der Waals surface area contributed by atoms with E-state index in [4.69, 9.17) is 14.7 Å². The number of amides is 5. The van der Waals surface area contributed by atoms with Crippen molar-refractivity contribution in [2.24, 2.45) is 0 Å². The number of para-hydroxylation sites is 1. The second kappa shape index (κ2) is 20.9. The number of nitrogens with one attached hydrogen (secondary N) is 3. The highest BCUT2D eigenvalue weighted by atomic mass is 16.5. The van der Waals surface area contributed by atoms with Crippen LogP contribution < -0.4 is 20.7 Å². The van der Waals surface area contributed by atoms with Crippen LogP contribution in [0.5, 0.6) is 5.75 Å². The van der Waals surface area contributed by atoms with Gasteiger partial charge in [0.1, 0.15) is 24.2 Å². The number of aromatic nitrogens is 3. The summed E-state index contributed by atoms with van der Waals surface area (Å²) in [5.41, 5.74) is 7.23. The van der Waals surface area contributed by atoms with Crippen molar-refractivity contribution in [1.29, 1.82) is 0 Å². The molecule has 2 fully saturated rings. The summed E-state index contributed by atoms with van der Waals surface area (Å²) in [5, 5.41) is 9.83. The summed E-state index contributed by atoms with van der Waals surface area (Å²) in [6.45, 7) is 7.43. The van der Waals surface area contributed by atoms with Crippen molar-refractivity contribution in [3.63, 3.8) is 0 Å². The average molecular weight is 951 g/mol. The molecule has 360 valence electrons. The number of fused-ring (bicyclic) bond motifs is 3. The Kier molecular flexibility index (Phi) is 13.8. The summed E-state index contributed by atoms with van der Waals surface area (Å²) >= 11 is 0. The maximum Gasteiger partial charge on any atom is 0.264 e. The fraction of sp³-hybridized carbons (Fsp3) is 0.309. The summed E-state index contributed by atoms with van der Waals surface area (Å²) in [7, 11) is 1.86. The van der Waals surface area contributed by atoms with Crippen LogP contribution in [0, 0.1) is 11.8 Å². The molecular weight excluding hydrogens is 897 g/mol. The number of piperidine rings is 1. The molecule has 0 radical (unpaired) electrons. The molecule has 6 aromatic rings. The third kappa shape index (κ3) is 10.3. The van der Waals surface area contributed by atoms with Crippen molar-refractivity contribution < 1.29 is 28.7 Å². The van der Waals surface area contributed by atoms with E-state index in [1.165, 1.54) is 0 Å². The topological polar surface area (TPSA) is 182 Å². The predicted octanol–water partition coefficient (Wildman–Crippen LogP) is 5.77. The normalized spacial score (nSPS) is 17.1. The minimum Gasteiger partial charge on any atom is -0.489 e. The standard InChI is InChI=1S/C55H54N10O6/c1-56-51-42-23-27-64(34-46(42)59-50(61-51)40-32-39-9-2-3-11-44(39)58-33-40)53(68)38-17-13-37(14-18-38)35-71-41-19-15-36(16-20-41)8-7-26-63-30-28-62(29-31-63)25-5-4-24-57-45-12-6-10-43-49(45)55(70)65(54(43)69)47-21-22-48(66)60-52(47)67/h2-3,6,9-20,32-33,47,57H,4-5,21-31,34-35H2,1H3,(H,56,59,61)(H,60,66,67). The second-order valence-electron chi connectivity index (χ2n) is 18.2. The predicted molar refractivity (Wildman–Crippen MR) is 269 cm³/mol. The molecular formula is C55H54N10O6. The molecule has 0 bridgehead atoms.